The molecule has 0 atom stereocenters. The second kappa shape index (κ2) is 5.16. The Labute approximate surface area is 126 Å². The molecule has 5 nitrogen and oxygen atoms in total. The van der Waals surface area contributed by atoms with E-state index in [1.165, 1.54) is 20.0 Å². The fourth-order valence-electron chi connectivity index (χ4n) is 2.46. The van der Waals surface area contributed by atoms with Gasteiger partial charge in [-0.25, -0.2) is 4.79 Å². The van der Waals surface area contributed by atoms with Crippen LogP contribution in [0.15, 0.2) is 10.5 Å². The van der Waals surface area contributed by atoms with Crippen molar-refractivity contribution in [1.82, 2.24) is 0 Å². The molecule has 1 saturated carbocycles. The van der Waals surface area contributed by atoms with Crippen molar-refractivity contribution in [3.8, 4) is 5.75 Å². The van der Waals surface area contributed by atoms with Crippen molar-refractivity contribution in [1.29, 1.82) is 0 Å². The molecule has 0 unspecified atom stereocenters. The predicted octanol–water partition coefficient (Wildman–Crippen LogP) is 2.43. The van der Waals surface area contributed by atoms with Crippen LogP contribution in [-0.4, -0.2) is 32.8 Å². The van der Waals surface area contributed by atoms with Crippen molar-refractivity contribution < 1.29 is 14.3 Å². The number of nitrogens with zero attached hydrogens (tertiary/aromatic N) is 1. The number of fused-ring (bicyclic) bond motifs is 1. The number of carbonyl (C=O) groups excluding carboxylic acids is 1. The van der Waals surface area contributed by atoms with Crippen molar-refractivity contribution in [3.05, 3.63) is 16.1 Å². The summed E-state index contributed by atoms with van der Waals surface area (Å²) in [5.41, 5.74) is 7.66. The predicted molar refractivity (Wildman–Crippen MR) is 80.3 cm³/mol. The van der Waals surface area contributed by atoms with Crippen LogP contribution in [0, 0.1) is 5.92 Å². The highest BCUT2D eigenvalue weighted by Gasteiger charge is 2.30. The van der Waals surface area contributed by atoms with E-state index in [9.17, 15) is 4.79 Å². The first-order valence-corrected chi connectivity index (χ1v) is 7.49. The Morgan fingerprint density at radius 2 is 2.35 bits per heavy atom. The molecule has 0 aromatic heterocycles. The molecule has 6 heteroatoms. The van der Waals surface area contributed by atoms with Gasteiger partial charge in [0.25, 0.3) is 0 Å². The van der Waals surface area contributed by atoms with Gasteiger partial charge >= 0.3 is 5.97 Å². The molecule has 108 valence electrons. The third-order valence-corrected chi connectivity index (χ3v) is 4.56. The van der Waals surface area contributed by atoms with Crippen LogP contribution in [0.1, 0.15) is 23.2 Å². The smallest absolute Gasteiger partial charge is 0.340 e. The van der Waals surface area contributed by atoms with E-state index in [1.54, 1.807) is 6.07 Å². The summed E-state index contributed by atoms with van der Waals surface area (Å²) in [6, 6.07) is 1.78. The lowest BCUT2D eigenvalue weighted by Crippen LogP contribution is -2.34. The first kappa shape index (κ1) is 13.5. The minimum absolute atomic E-state index is 0.365. The van der Waals surface area contributed by atoms with Gasteiger partial charge in [-0.15, -0.1) is 0 Å². The molecule has 1 aliphatic heterocycles. The molecule has 0 bridgehead atoms. The molecule has 0 amide bonds. The lowest BCUT2D eigenvalue weighted by atomic mass is 10.1. The van der Waals surface area contributed by atoms with Gasteiger partial charge in [-0.05, 0) is 40.8 Å². The molecule has 3 rings (SSSR count). The van der Waals surface area contributed by atoms with Crippen molar-refractivity contribution >= 4 is 33.3 Å². The summed E-state index contributed by atoms with van der Waals surface area (Å²) in [5, 5.41) is 0. The second-order valence-electron chi connectivity index (χ2n) is 5.23. The maximum atomic E-state index is 11.8. The van der Waals surface area contributed by atoms with Gasteiger partial charge in [0.2, 0.25) is 0 Å². The molecular formula is C14H17BrN2O3. The molecule has 0 radical (unpaired) electrons. The zero-order valence-corrected chi connectivity index (χ0v) is 12.9. The minimum Gasteiger partial charge on any atom is -0.488 e. The average molecular weight is 341 g/mol. The quantitative estimate of drug-likeness (QED) is 0.676. The molecule has 20 heavy (non-hydrogen) atoms. The van der Waals surface area contributed by atoms with Crippen LogP contribution in [0.4, 0.5) is 11.4 Å². The van der Waals surface area contributed by atoms with E-state index in [4.69, 9.17) is 15.2 Å². The summed E-state index contributed by atoms with van der Waals surface area (Å²) in [7, 11) is 1.35. The number of benzene rings is 1. The van der Waals surface area contributed by atoms with E-state index in [0.717, 1.165) is 30.4 Å². The fraction of sp³-hybridized carbons (Fsp3) is 0.500. The number of rotatable bonds is 3. The van der Waals surface area contributed by atoms with Crippen LogP contribution in [-0.2, 0) is 4.74 Å². The van der Waals surface area contributed by atoms with Crippen molar-refractivity contribution in [3.63, 3.8) is 0 Å². The summed E-state index contributed by atoms with van der Waals surface area (Å²) in [6.07, 6.45) is 2.57. The van der Waals surface area contributed by atoms with Gasteiger partial charge in [0.1, 0.15) is 6.61 Å². The van der Waals surface area contributed by atoms with E-state index in [1.807, 2.05) is 0 Å². The minimum atomic E-state index is -0.428. The van der Waals surface area contributed by atoms with Crippen LogP contribution in [0.3, 0.4) is 0 Å². The summed E-state index contributed by atoms with van der Waals surface area (Å²) in [5.74, 6) is 1.06. The highest BCUT2D eigenvalue weighted by Crippen LogP contribution is 2.45. The first-order chi connectivity index (χ1) is 9.61. The van der Waals surface area contributed by atoms with Crippen LogP contribution < -0.4 is 15.4 Å². The van der Waals surface area contributed by atoms with Gasteiger partial charge in [-0.2, -0.15) is 0 Å². The maximum Gasteiger partial charge on any atom is 0.340 e. The van der Waals surface area contributed by atoms with Crippen LogP contribution in [0.2, 0.25) is 0 Å². The van der Waals surface area contributed by atoms with E-state index in [2.05, 4.69) is 20.8 Å². The Morgan fingerprint density at radius 1 is 1.60 bits per heavy atom. The number of halogens is 1. The lowest BCUT2D eigenvalue weighted by Gasteiger charge is -2.32. The Morgan fingerprint density at radius 3 is 3.00 bits per heavy atom. The van der Waals surface area contributed by atoms with E-state index >= 15 is 0 Å². The molecular weight excluding hydrogens is 324 g/mol. The second-order valence-corrected chi connectivity index (χ2v) is 6.02. The molecule has 1 fully saturated rings. The van der Waals surface area contributed by atoms with Gasteiger partial charge in [0.05, 0.1) is 35.1 Å². The van der Waals surface area contributed by atoms with Gasteiger partial charge in [-0.3, -0.25) is 0 Å². The van der Waals surface area contributed by atoms with E-state index in [0.29, 0.717) is 22.3 Å². The monoisotopic (exact) mass is 340 g/mol. The molecule has 2 N–H and O–H groups in total. The molecule has 1 aliphatic carbocycles. The number of anilines is 2. The Balaban J connectivity index is 2.04. The maximum absolute atomic E-state index is 11.8. The van der Waals surface area contributed by atoms with Crippen LogP contribution in [0.5, 0.6) is 5.75 Å². The summed E-state index contributed by atoms with van der Waals surface area (Å²) >= 11 is 3.44. The third-order valence-electron chi connectivity index (χ3n) is 3.77. The SMILES string of the molecule is COC(=O)c1cc2c(c(Br)c1N)OCCN2CC1CC1. The van der Waals surface area contributed by atoms with E-state index in [-0.39, 0.29) is 0 Å². The number of carbonyl (C=O) groups is 1. The Hall–Kier alpha value is -1.43. The molecule has 1 heterocycles. The standard InChI is InChI=1S/C14H17BrN2O3/c1-19-14(18)9-6-10-13(11(15)12(9)16)20-5-4-17(10)7-8-2-3-8/h6,8H,2-5,7,16H2,1H3. The number of nitrogens with two attached hydrogens (primary N) is 1. The number of esters is 1. The third kappa shape index (κ3) is 2.32. The lowest BCUT2D eigenvalue weighted by molar-refractivity contribution is 0.0602. The van der Waals surface area contributed by atoms with Gasteiger partial charge in [0.15, 0.2) is 5.75 Å². The normalized spacial score (nSPS) is 17.4. The van der Waals surface area contributed by atoms with Crippen molar-refractivity contribution in [2.45, 2.75) is 12.8 Å². The van der Waals surface area contributed by atoms with Gasteiger partial charge in [-0.1, -0.05) is 0 Å². The summed E-state index contributed by atoms with van der Waals surface area (Å²) < 4.78 is 11.1. The number of hydrogen-bond acceptors (Lipinski definition) is 5. The largest absolute Gasteiger partial charge is 0.488 e. The zero-order chi connectivity index (χ0) is 14.3. The Bertz CT molecular complexity index is 558. The highest BCUT2D eigenvalue weighted by atomic mass is 79.9. The van der Waals surface area contributed by atoms with Gasteiger partial charge in [0, 0.05) is 6.54 Å². The van der Waals surface area contributed by atoms with Gasteiger partial charge < -0.3 is 20.1 Å². The molecule has 1 aromatic carbocycles. The highest BCUT2D eigenvalue weighted by molar-refractivity contribution is 9.10. The molecule has 0 saturated heterocycles. The van der Waals surface area contributed by atoms with Crippen LogP contribution in [0.25, 0.3) is 0 Å². The average Bonchev–Trinajstić information content (AvgIpc) is 3.26. The summed E-state index contributed by atoms with van der Waals surface area (Å²) in [4.78, 5) is 14.1. The van der Waals surface area contributed by atoms with Crippen molar-refractivity contribution in [2.24, 2.45) is 5.92 Å². The summed E-state index contributed by atoms with van der Waals surface area (Å²) in [6.45, 7) is 2.48. The number of methoxy groups -OCH3 is 1. The molecule has 1 aromatic rings. The van der Waals surface area contributed by atoms with E-state index < -0.39 is 5.97 Å². The Kier molecular flexibility index (Phi) is 3.50. The topological polar surface area (TPSA) is 64.8 Å². The number of ether oxygens (including phenoxy) is 2. The van der Waals surface area contributed by atoms with Crippen molar-refractivity contribution in [2.75, 3.05) is 37.4 Å². The number of hydrogen-bond donors (Lipinski definition) is 1. The van der Waals surface area contributed by atoms with Crippen LogP contribution >= 0.6 is 15.9 Å². The molecule has 0 spiro atoms. The number of nitrogen functional groups attached to an aromatic ring is 1. The first-order valence-electron chi connectivity index (χ1n) is 6.70. The zero-order valence-electron chi connectivity index (χ0n) is 11.3. The fourth-order valence-corrected chi connectivity index (χ4v) is 3.00. The molecule has 2 aliphatic rings.